The SMILES string of the molecule is CC(C)C[C@]12CC/C(=C\[Si](C)(C)C)[C@@]1(O)N(C)C(=O)N(C)C2=O. The Bertz CT molecular complexity index is 567. The van der Waals surface area contributed by atoms with E-state index in [1.165, 1.54) is 16.8 Å². The minimum Gasteiger partial charge on any atom is -0.366 e. The van der Waals surface area contributed by atoms with Crippen LogP contribution in [0.25, 0.3) is 0 Å². The zero-order chi connectivity index (χ0) is 17.8. The van der Waals surface area contributed by atoms with Crippen molar-refractivity contribution in [3.05, 3.63) is 11.3 Å². The number of fused-ring (bicyclic) bond motifs is 1. The first-order valence-corrected chi connectivity index (χ1v) is 11.9. The summed E-state index contributed by atoms with van der Waals surface area (Å²) in [4.78, 5) is 28.1. The largest absolute Gasteiger partial charge is 0.366 e. The van der Waals surface area contributed by atoms with E-state index in [1.807, 2.05) is 0 Å². The van der Waals surface area contributed by atoms with Crippen molar-refractivity contribution in [2.75, 3.05) is 14.1 Å². The molecule has 5 nitrogen and oxygen atoms in total. The maximum Gasteiger partial charge on any atom is 0.328 e. The molecule has 6 heteroatoms. The molecule has 130 valence electrons. The number of hydrogen-bond acceptors (Lipinski definition) is 3. The Morgan fingerprint density at radius 2 is 1.83 bits per heavy atom. The van der Waals surface area contributed by atoms with Crippen LogP contribution in [-0.2, 0) is 4.79 Å². The normalized spacial score (nSPS) is 33.9. The summed E-state index contributed by atoms with van der Waals surface area (Å²) in [7, 11) is 1.54. The summed E-state index contributed by atoms with van der Waals surface area (Å²) in [5.74, 6) is 0.0162. The molecule has 2 atom stereocenters. The van der Waals surface area contributed by atoms with Gasteiger partial charge in [0.2, 0.25) is 5.91 Å². The average molecular weight is 339 g/mol. The van der Waals surface area contributed by atoms with Gasteiger partial charge in [0.05, 0.1) is 8.07 Å². The molecular formula is C17H30N2O3Si. The number of aliphatic hydroxyl groups is 1. The van der Waals surface area contributed by atoms with Gasteiger partial charge in [-0.25, -0.2) is 4.79 Å². The van der Waals surface area contributed by atoms with Crippen LogP contribution in [-0.4, -0.2) is 54.7 Å². The molecule has 0 radical (unpaired) electrons. The number of amides is 3. The number of nitrogens with zero attached hydrogens (tertiary/aromatic N) is 2. The molecule has 1 N–H and O–H groups in total. The minimum atomic E-state index is -1.59. The second-order valence-corrected chi connectivity index (χ2v) is 13.6. The van der Waals surface area contributed by atoms with Gasteiger partial charge in [0.1, 0.15) is 5.41 Å². The monoisotopic (exact) mass is 338 g/mol. The maximum absolute atomic E-state index is 13.0. The number of rotatable bonds is 3. The molecule has 1 saturated heterocycles. The fourth-order valence-corrected chi connectivity index (χ4v) is 5.68. The Kier molecular flexibility index (Phi) is 4.31. The van der Waals surface area contributed by atoms with Crippen LogP contribution in [0.2, 0.25) is 19.6 Å². The standard InChI is InChI=1S/C17H30N2O3Si/c1-12(2)10-16-9-8-13(11-23(5,6)7)17(16,22)19(4)15(21)18(3)14(16)20/h11-12,22H,8-10H2,1-7H3/b13-11+/t16-,17-/m0/s1. The predicted octanol–water partition coefficient (Wildman–Crippen LogP) is 2.83. The number of likely N-dealkylation sites (N-methyl/N-ethyl adjacent to an activating group) is 1. The molecule has 0 aromatic rings. The molecule has 1 saturated carbocycles. The van der Waals surface area contributed by atoms with Gasteiger partial charge in [-0.05, 0) is 30.8 Å². The van der Waals surface area contributed by atoms with Crippen molar-refractivity contribution in [1.29, 1.82) is 0 Å². The van der Waals surface area contributed by atoms with Crippen LogP contribution in [0, 0.1) is 11.3 Å². The van der Waals surface area contributed by atoms with E-state index in [1.54, 1.807) is 7.05 Å². The second kappa shape index (κ2) is 5.45. The van der Waals surface area contributed by atoms with E-state index < -0.39 is 25.2 Å². The molecular weight excluding hydrogens is 308 g/mol. The zero-order valence-electron chi connectivity index (χ0n) is 15.4. The molecule has 23 heavy (non-hydrogen) atoms. The zero-order valence-corrected chi connectivity index (χ0v) is 16.4. The summed E-state index contributed by atoms with van der Waals surface area (Å²) < 4.78 is 0. The Morgan fingerprint density at radius 3 is 2.30 bits per heavy atom. The fraction of sp³-hybridized carbons (Fsp3) is 0.765. The first kappa shape index (κ1) is 18.2. The summed E-state index contributed by atoms with van der Waals surface area (Å²) in [6.45, 7) is 10.7. The molecule has 0 spiro atoms. The Hall–Kier alpha value is -1.14. The molecule has 0 bridgehead atoms. The Labute approximate surface area is 140 Å². The van der Waals surface area contributed by atoms with Crippen LogP contribution in [0.1, 0.15) is 33.1 Å². The number of carbonyl (C=O) groups is 2. The molecule has 2 fully saturated rings. The highest BCUT2D eigenvalue weighted by molar-refractivity contribution is 6.81. The summed E-state index contributed by atoms with van der Waals surface area (Å²) in [5.41, 5.74) is 0.606. The van der Waals surface area contributed by atoms with Crippen LogP contribution >= 0.6 is 0 Å². The summed E-state index contributed by atoms with van der Waals surface area (Å²) in [5, 5.41) is 11.7. The van der Waals surface area contributed by atoms with Gasteiger partial charge in [-0.1, -0.05) is 39.2 Å². The van der Waals surface area contributed by atoms with Crippen LogP contribution in [0.3, 0.4) is 0 Å². The highest BCUT2D eigenvalue weighted by atomic mass is 28.3. The van der Waals surface area contributed by atoms with Gasteiger partial charge in [0.15, 0.2) is 5.72 Å². The Morgan fingerprint density at radius 1 is 1.26 bits per heavy atom. The van der Waals surface area contributed by atoms with Gasteiger partial charge >= 0.3 is 6.03 Å². The number of hydrogen-bond donors (Lipinski definition) is 1. The van der Waals surface area contributed by atoms with Crippen LogP contribution in [0.5, 0.6) is 0 Å². The molecule has 2 aliphatic rings. The first-order chi connectivity index (χ1) is 10.4. The summed E-state index contributed by atoms with van der Waals surface area (Å²) in [6.07, 6.45) is 1.84. The quantitative estimate of drug-likeness (QED) is 0.805. The van der Waals surface area contributed by atoms with Crippen molar-refractivity contribution < 1.29 is 14.7 Å². The smallest absolute Gasteiger partial charge is 0.328 e. The Balaban J connectivity index is 2.67. The lowest BCUT2D eigenvalue weighted by molar-refractivity contribution is -0.183. The van der Waals surface area contributed by atoms with Gasteiger partial charge in [0.25, 0.3) is 0 Å². The molecule has 1 aliphatic heterocycles. The lowest BCUT2D eigenvalue weighted by Gasteiger charge is -2.53. The minimum absolute atomic E-state index is 0.240. The van der Waals surface area contributed by atoms with Crippen molar-refractivity contribution in [2.45, 2.75) is 58.5 Å². The average Bonchev–Trinajstić information content (AvgIpc) is 2.68. The van der Waals surface area contributed by atoms with Crippen molar-refractivity contribution in [1.82, 2.24) is 9.80 Å². The molecule has 3 amide bonds. The number of urea groups is 1. The topological polar surface area (TPSA) is 60.9 Å². The lowest BCUT2D eigenvalue weighted by atomic mass is 9.70. The molecule has 0 aromatic heterocycles. The maximum atomic E-state index is 13.0. The van der Waals surface area contributed by atoms with Crippen molar-refractivity contribution in [3.63, 3.8) is 0 Å². The molecule has 2 rings (SSSR count). The van der Waals surface area contributed by atoms with Crippen molar-refractivity contribution in [3.8, 4) is 0 Å². The lowest BCUT2D eigenvalue weighted by Crippen LogP contribution is -2.71. The third kappa shape index (κ3) is 2.56. The van der Waals surface area contributed by atoms with E-state index >= 15 is 0 Å². The second-order valence-electron chi connectivity index (χ2n) is 8.59. The fourth-order valence-electron chi connectivity index (χ4n) is 4.29. The van der Waals surface area contributed by atoms with E-state index in [9.17, 15) is 14.7 Å². The van der Waals surface area contributed by atoms with Crippen molar-refractivity contribution >= 4 is 20.0 Å². The van der Waals surface area contributed by atoms with E-state index in [4.69, 9.17) is 0 Å². The molecule has 1 aliphatic carbocycles. The van der Waals surface area contributed by atoms with E-state index in [-0.39, 0.29) is 11.8 Å². The number of carbonyl (C=O) groups excluding carboxylic acids is 2. The van der Waals surface area contributed by atoms with Gasteiger partial charge in [-0.3, -0.25) is 14.6 Å². The molecule has 0 unspecified atom stereocenters. The highest BCUT2D eigenvalue weighted by Crippen LogP contribution is 2.57. The third-order valence-electron chi connectivity index (χ3n) is 5.07. The highest BCUT2D eigenvalue weighted by Gasteiger charge is 2.68. The third-order valence-corrected chi connectivity index (χ3v) is 6.29. The van der Waals surface area contributed by atoms with E-state index in [0.717, 1.165) is 5.57 Å². The predicted molar refractivity (Wildman–Crippen MR) is 93.4 cm³/mol. The van der Waals surface area contributed by atoms with Crippen molar-refractivity contribution in [2.24, 2.45) is 11.3 Å². The first-order valence-electron chi connectivity index (χ1n) is 8.37. The van der Waals surface area contributed by atoms with Gasteiger partial charge in [-0.2, -0.15) is 0 Å². The van der Waals surface area contributed by atoms with Crippen LogP contribution < -0.4 is 0 Å². The summed E-state index contributed by atoms with van der Waals surface area (Å²) >= 11 is 0. The van der Waals surface area contributed by atoms with Crippen LogP contribution in [0.15, 0.2) is 11.3 Å². The molecule has 1 heterocycles. The van der Waals surface area contributed by atoms with Gasteiger partial charge in [0, 0.05) is 14.1 Å². The summed E-state index contributed by atoms with van der Waals surface area (Å²) in [6, 6.07) is -0.430. The van der Waals surface area contributed by atoms with Gasteiger partial charge < -0.3 is 5.11 Å². The van der Waals surface area contributed by atoms with E-state index in [2.05, 4.69) is 39.2 Å². The number of imide groups is 1. The van der Waals surface area contributed by atoms with E-state index in [0.29, 0.717) is 19.3 Å². The molecule has 0 aromatic carbocycles. The van der Waals surface area contributed by atoms with Gasteiger partial charge in [-0.15, -0.1) is 0 Å². The van der Waals surface area contributed by atoms with Crippen LogP contribution in [0.4, 0.5) is 4.79 Å².